The lowest BCUT2D eigenvalue weighted by molar-refractivity contribution is 0.655. The zero-order valence-corrected chi connectivity index (χ0v) is 16.0. The lowest BCUT2D eigenvalue weighted by Crippen LogP contribution is -1.94. The van der Waals surface area contributed by atoms with Crippen LogP contribution in [0.3, 0.4) is 0 Å². The van der Waals surface area contributed by atoms with Gasteiger partial charge in [0.15, 0.2) is 5.82 Å². The van der Waals surface area contributed by atoms with Gasteiger partial charge in [0.2, 0.25) is 0 Å². The molecule has 0 saturated carbocycles. The molecule has 0 atom stereocenters. The number of unbranched alkanes of at least 4 members (excludes halogenated alkanes) is 3. The van der Waals surface area contributed by atoms with E-state index in [0.717, 1.165) is 46.6 Å². The maximum absolute atomic E-state index is 9.36. The van der Waals surface area contributed by atoms with Crippen molar-refractivity contribution in [3.63, 3.8) is 0 Å². The van der Waals surface area contributed by atoms with E-state index in [0.29, 0.717) is 5.56 Å². The summed E-state index contributed by atoms with van der Waals surface area (Å²) in [6.07, 6.45) is 9.64. The number of fused-ring (bicyclic) bond motifs is 1. The topological polar surface area (TPSA) is 70.3 Å². The molecule has 0 aliphatic carbocycles. The number of aryl methyl sites for hydroxylation is 1. The molecule has 0 amide bonds. The molecular formula is C23H23N5. The third kappa shape index (κ3) is 3.54. The molecule has 2 heterocycles. The number of nitrogens with zero attached hydrogens (tertiary/aromatic N) is 4. The first-order valence-electron chi connectivity index (χ1n) is 9.81. The van der Waals surface area contributed by atoms with Crippen molar-refractivity contribution in [2.75, 3.05) is 0 Å². The number of hydrogen-bond donors (Lipinski definition) is 1. The number of aromatic nitrogens is 4. The fourth-order valence-electron chi connectivity index (χ4n) is 3.52. The van der Waals surface area contributed by atoms with Crippen molar-refractivity contribution in [1.29, 1.82) is 5.26 Å². The van der Waals surface area contributed by atoms with Crippen LogP contribution in [0.4, 0.5) is 0 Å². The minimum absolute atomic E-state index is 0.668. The van der Waals surface area contributed by atoms with Gasteiger partial charge in [-0.05, 0) is 35.7 Å². The van der Waals surface area contributed by atoms with E-state index in [1.165, 1.54) is 19.3 Å². The van der Waals surface area contributed by atoms with Crippen LogP contribution in [0.15, 0.2) is 55.0 Å². The Balaban J connectivity index is 1.61. The quantitative estimate of drug-likeness (QED) is 0.443. The van der Waals surface area contributed by atoms with Crippen LogP contribution in [0, 0.1) is 11.3 Å². The monoisotopic (exact) mass is 369 g/mol. The third-order valence-corrected chi connectivity index (χ3v) is 5.04. The normalized spacial score (nSPS) is 11.0. The maximum atomic E-state index is 9.36. The number of aromatic amines is 1. The van der Waals surface area contributed by atoms with E-state index in [1.54, 1.807) is 0 Å². The van der Waals surface area contributed by atoms with Crippen LogP contribution < -0.4 is 0 Å². The van der Waals surface area contributed by atoms with Crippen LogP contribution in [0.25, 0.3) is 28.0 Å². The third-order valence-electron chi connectivity index (χ3n) is 5.04. The molecule has 4 aromatic rings. The zero-order chi connectivity index (χ0) is 19.3. The van der Waals surface area contributed by atoms with Crippen molar-refractivity contribution in [3.8, 4) is 23.0 Å². The van der Waals surface area contributed by atoms with Crippen LogP contribution >= 0.6 is 0 Å². The first-order chi connectivity index (χ1) is 13.8. The molecule has 140 valence electrons. The predicted molar refractivity (Wildman–Crippen MR) is 111 cm³/mol. The lowest BCUT2D eigenvalue weighted by Gasteiger charge is -2.05. The van der Waals surface area contributed by atoms with Crippen LogP contribution in [-0.4, -0.2) is 19.5 Å². The first-order valence-corrected chi connectivity index (χ1v) is 9.81. The molecule has 0 bridgehead atoms. The van der Waals surface area contributed by atoms with E-state index in [4.69, 9.17) is 4.98 Å². The molecular weight excluding hydrogens is 346 g/mol. The second-order valence-electron chi connectivity index (χ2n) is 6.99. The summed E-state index contributed by atoms with van der Waals surface area (Å²) in [6, 6.07) is 16.0. The van der Waals surface area contributed by atoms with E-state index in [9.17, 15) is 5.26 Å². The van der Waals surface area contributed by atoms with E-state index in [-0.39, 0.29) is 0 Å². The van der Waals surface area contributed by atoms with Crippen LogP contribution in [0.1, 0.15) is 44.0 Å². The number of nitriles is 1. The fourth-order valence-corrected chi connectivity index (χ4v) is 3.52. The van der Waals surface area contributed by atoms with Gasteiger partial charge in [0, 0.05) is 12.6 Å². The first kappa shape index (κ1) is 18.0. The molecule has 5 nitrogen and oxygen atoms in total. The van der Waals surface area contributed by atoms with Gasteiger partial charge in [0.05, 0.1) is 22.7 Å². The Morgan fingerprint density at radius 2 is 2.00 bits per heavy atom. The number of hydrogen-bond acceptors (Lipinski definition) is 3. The Labute approximate surface area is 164 Å². The molecule has 0 fully saturated rings. The maximum Gasteiger partial charge on any atom is 0.156 e. The SMILES string of the molecule is CCCCCCc1nc(-n2cnc3cc(-c4ccccc4C#N)ccc32)c[nH]1. The van der Waals surface area contributed by atoms with Crippen LogP contribution in [0.2, 0.25) is 0 Å². The lowest BCUT2D eigenvalue weighted by atomic mass is 10.00. The summed E-state index contributed by atoms with van der Waals surface area (Å²) in [5, 5.41) is 9.36. The Morgan fingerprint density at radius 1 is 1.11 bits per heavy atom. The second kappa shape index (κ2) is 8.10. The molecule has 2 aromatic carbocycles. The highest BCUT2D eigenvalue weighted by Gasteiger charge is 2.11. The van der Waals surface area contributed by atoms with Gasteiger partial charge in [0.25, 0.3) is 0 Å². The molecule has 5 heteroatoms. The van der Waals surface area contributed by atoms with E-state index in [2.05, 4.69) is 23.0 Å². The average molecular weight is 369 g/mol. The summed E-state index contributed by atoms with van der Waals surface area (Å²) in [5.74, 6) is 1.88. The molecule has 28 heavy (non-hydrogen) atoms. The molecule has 1 N–H and O–H groups in total. The van der Waals surface area contributed by atoms with Crippen molar-refractivity contribution in [2.45, 2.75) is 39.0 Å². The van der Waals surface area contributed by atoms with Crippen molar-refractivity contribution >= 4 is 11.0 Å². The number of imidazole rings is 2. The van der Waals surface area contributed by atoms with Crippen LogP contribution in [-0.2, 0) is 6.42 Å². The Bertz CT molecular complexity index is 1130. The minimum atomic E-state index is 0.668. The molecule has 0 unspecified atom stereocenters. The Hall–Kier alpha value is -3.39. The smallest absolute Gasteiger partial charge is 0.156 e. The molecule has 0 aliphatic heterocycles. The van der Waals surface area contributed by atoms with E-state index < -0.39 is 0 Å². The molecule has 2 aromatic heterocycles. The number of H-pyrrole nitrogens is 1. The number of rotatable bonds is 7. The Kier molecular flexibility index (Phi) is 5.20. The summed E-state index contributed by atoms with van der Waals surface area (Å²) in [7, 11) is 0. The van der Waals surface area contributed by atoms with Gasteiger partial charge in [-0.15, -0.1) is 0 Å². The van der Waals surface area contributed by atoms with Gasteiger partial charge in [-0.2, -0.15) is 5.26 Å². The van der Waals surface area contributed by atoms with Gasteiger partial charge in [-0.25, -0.2) is 9.97 Å². The summed E-state index contributed by atoms with van der Waals surface area (Å²) in [4.78, 5) is 12.6. The van der Waals surface area contributed by atoms with Crippen LogP contribution in [0.5, 0.6) is 0 Å². The van der Waals surface area contributed by atoms with Crippen molar-refractivity contribution < 1.29 is 0 Å². The van der Waals surface area contributed by atoms with Gasteiger partial charge >= 0.3 is 0 Å². The van der Waals surface area contributed by atoms with Crippen molar-refractivity contribution in [1.82, 2.24) is 19.5 Å². The average Bonchev–Trinajstić information content (AvgIpc) is 3.37. The van der Waals surface area contributed by atoms with Crippen molar-refractivity contribution in [2.24, 2.45) is 0 Å². The molecule has 0 saturated heterocycles. The van der Waals surface area contributed by atoms with E-state index in [1.807, 2.05) is 59.6 Å². The van der Waals surface area contributed by atoms with E-state index >= 15 is 0 Å². The summed E-state index contributed by atoms with van der Waals surface area (Å²) in [6.45, 7) is 2.22. The standard InChI is InChI=1S/C23H23N5/c1-2-3-4-5-10-22-25-15-23(27-22)28-16-26-20-13-17(11-12-21(20)28)19-9-7-6-8-18(19)14-24/h6-9,11-13,15-16H,2-5,10H2,1H3,(H,25,27). The zero-order valence-electron chi connectivity index (χ0n) is 16.0. The molecule has 0 spiro atoms. The minimum Gasteiger partial charge on any atom is -0.347 e. The molecule has 0 radical (unpaired) electrons. The fraction of sp³-hybridized carbons (Fsp3) is 0.261. The molecule has 0 aliphatic rings. The Morgan fingerprint density at radius 3 is 2.86 bits per heavy atom. The van der Waals surface area contributed by atoms with Gasteiger partial charge in [-0.1, -0.05) is 50.5 Å². The largest absolute Gasteiger partial charge is 0.347 e. The van der Waals surface area contributed by atoms with Crippen molar-refractivity contribution in [3.05, 3.63) is 66.4 Å². The van der Waals surface area contributed by atoms with Gasteiger partial charge < -0.3 is 4.98 Å². The highest BCUT2D eigenvalue weighted by Crippen LogP contribution is 2.27. The second-order valence-corrected chi connectivity index (χ2v) is 6.99. The number of benzene rings is 2. The summed E-state index contributed by atoms with van der Waals surface area (Å²) < 4.78 is 2.00. The summed E-state index contributed by atoms with van der Waals surface area (Å²) in [5.41, 5.74) is 4.48. The molecule has 4 rings (SSSR count). The van der Waals surface area contributed by atoms with Gasteiger partial charge in [0.1, 0.15) is 12.2 Å². The highest BCUT2D eigenvalue weighted by atomic mass is 15.1. The van der Waals surface area contributed by atoms with Gasteiger partial charge in [-0.3, -0.25) is 4.57 Å². The number of nitrogens with one attached hydrogen (secondary N) is 1. The predicted octanol–water partition coefficient (Wildman–Crippen LogP) is 5.41. The highest BCUT2D eigenvalue weighted by molar-refractivity contribution is 5.84. The summed E-state index contributed by atoms with van der Waals surface area (Å²) >= 11 is 0.